The molecule has 0 heterocycles. The number of urea groups is 1. The third-order valence-corrected chi connectivity index (χ3v) is 5.47. The van der Waals surface area contributed by atoms with Crippen LogP contribution in [0.3, 0.4) is 0 Å². The Balaban J connectivity index is 1.86. The van der Waals surface area contributed by atoms with Crippen LogP contribution in [0.25, 0.3) is 0 Å². The van der Waals surface area contributed by atoms with Crippen molar-refractivity contribution < 1.29 is 24.5 Å². The summed E-state index contributed by atoms with van der Waals surface area (Å²) in [4.78, 5) is 11.2. The topological polar surface area (TPSA) is 126 Å². The van der Waals surface area contributed by atoms with Crippen LogP contribution in [-0.4, -0.2) is 43.6 Å². The van der Waals surface area contributed by atoms with Crippen molar-refractivity contribution in [2.45, 2.75) is 12.0 Å². The zero-order valence-electron chi connectivity index (χ0n) is 18.6. The zero-order valence-corrected chi connectivity index (χ0v) is 18.6. The summed E-state index contributed by atoms with van der Waals surface area (Å²) in [6.07, 6.45) is 0. The number of ether oxygens (including phenoxy) is 2. The molecule has 0 saturated heterocycles. The predicted molar refractivity (Wildman–Crippen MR) is 127 cm³/mol. The number of phenols is 1. The second-order valence-corrected chi connectivity index (χ2v) is 7.51. The Kier molecular flexibility index (Phi) is 8.12. The van der Waals surface area contributed by atoms with E-state index in [1.807, 2.05) is 48.5 Å². The maximum absolute atomic E-state index is 11.2. The van der Waals surface area contributed by atoms with E-state index in [0.717, 1.165) is 22.6 Å². The molecule has 8 nitrogen and oxygen atoms in total. The summed E-state index contributed by atoms with van der Waals surface area (Å²) in [7, 11) is 3.25. The number of phenolic OH excluding ortho intramolecular Hbond substituents is 1. The van der Waals surface area contributed by atoms with Crippen LogP contribution < -0.4 is 25.8 Å². The SMILES string of the molecule is COc1ccc(C(CNC(CO)c2ccc(O)c(NC(N)=O)c2)c2ccc(OC)cc2)cc1. The molecule has 2 amide bonds. The molecule has 3 rings (SSSR count). The average molecular weight is 452 g/mol. The van der Waals surface area contributed by atoms with Gasteiger partial charge in [-0.05, 0) is 53.1 Å². The number of primary amides is 1. The monoisotopic (exact) mass is 451 g/mol. The number of amides is 2. The van der Waals surface area contributed by atoms with Gasteiger partial charge in [0, 0.05) is 12.5 Å². The fourth-order valence-corrected chi connectivity index (χ4v) is 3.65. The normalized spacial score (nSPS) is 11.8. The van der Waals surface area contributed by atoms with Gasteiger partial charge >= 0.3 is 6.03 Å². The summed E-state index contributed by atoms with van der Waals surface area (Å²) >= 11 is 0. The fourth-order valence-electron chi connectivity index (χ4n) is 3.65. The standard InChI is InChI=1S/C25H29N3O5/c1-32-19-8-3-16(4-9-19)21(17-5-10-20(33-2)11-6-17)14-27-23(15-29)18-7-12-24(30)22(13-18)28-25(26)31/h3-13,21,23,27,29-30H,14-15H2,1-2H3,(H3,26,28,31). The van der Waals surface area contributed by atoms with E-state index >= 15 is 0 Å². The van der Waals surface area contributed by atoms with Crippen molar-refractivity contribution in [2.24, 2.45) is 5.73 Å². The van der Waals surface area contributed by atoms with E-state index in [1.165, 1.54) is 6.07 Å². The molecule has 0 bridgehead atoms. The third kappa shape index (κ3) is 6.15. The van der Waals surface area contributed by atoms with Crippen molar-refractivity contribution in [3.8, 4) is 17.2 Å². The van der Waals surface area contributed by atoms with Crippen LogP contribution in [0.1, 0.15) is 28.7 Å². The van der Waals surface area contributed by atoms with Gasteiger partial charge in [0.2, 0.25) is 0 Å². The molecule has 8 heteroatoms. The number of anilines is 1. The second kappa shape index (κ2) is 11.2. The quantitative estimate of drug-likeness (QED) is 0.301. The van der Waals surface area contributed by atoms with Crippen LogP contribution in [0.5, 0.6) is 17.2 Å². The minimum absolute atomic E-state index is 0.0174. The molecule has 3 aromatic carbocycles. The highest BCUT2D eigenvalue weighted by molar-refractivity contribution is 5.89. The lowest BCUT2D eigenvalue weighted by molar-refractivity contribution is 0.243. The smallest absolute Gasteiger partial charge is 0.316 e. The molecule has 0 aromatic heterocycles. The Bertz CT molecular complexity index is 1010. The molecule has 0 spiro atoms. The van der Waals surface area contributed by atoms with E-state index in [-0.39, 0.29) is 24.0 Å². The summed E-state index contributed by atoms with van der Waals surface area (Å²) in [5.41, 5.74) is 8.21. The highest BCUT2D eigenvalue weighted by Gasteiger charge is 2.19. The summed E-state index contributed by atoms with van der Waals surface area (Å²) in [6, 6.07) is 19.2. The molecule has 1 atom stereocenters. The first-order valence-corrected chi connectivity index (χ1v) is 10.5. The van der Waals surface area contributed by atoms with Gasteiger partial charge in [0.1, 0.15) is 17.2 Å². The molecule has 0 radical (unpaired) electrons. The molecule has 1 unspecified atom stereocenters. The van der Waals surface area contributed by atoms with E-state index in [4.69, 9.17) is 15.2 Å². The van der Waals surface area contributed by atoms with Gasteiger partial charge in [-0.25, -0.2) is 4.79 Å². The first-order chi connectivity index (χ1) is 15.9. The molecule has 6 N–H and O–H groups in total. The number of nitrogens with one attached hydrogen (secondary N) is 2. The van der Waals surface area contributed by atoms with Crippen LogP contribution in [-0.2, 0) is 0 Å². The largest absolute Gasteiger partial charge is 0.506 e. The number of hydrogen-bond donors (Lipinski definition) is 5. The summed E-state index contributed by atoms with van der Waals surface area (Å²) in [6.45, 7) is 0.335. The molecule has 0 aliphatic carbocycles. The van der Waals surface area contributed by atoms with Crippen molar-refractivity contribution in [1.29, 1.82) is 0 Å². The number of benzene rings is 3. The lowest BCUT2D eigenvalue weighted by atomic mass is 9.90. The Labute approximate surface area is 193 Å². The highest BCUT2D eigenvalue weighted by atomic mass is 16.5. The molecule has 174 valence electrons. The minimum atomic E-state index is -0.782. The van der Waals surface area contributed by atoms with Gasteiger partial charge in [0.25, 0.3) is 0 Å². The number of hydrogen-bond acceptors (Lipinski definition) is 6. The molecule has 0 aliphatic heterocycles. The van der Waals surface area contributed by atoms with Crippen molar-refractivity contribution in [3.63, 3.8) is 0 Å². The Morgan fingerprint density at radius 2 is 1.42 bits per heavy atom. The van der Waals surface area contributed by atoms with Gasteiger partial charge in [-0.2, -0.15) is 0 Å². The number of carbonyl (C=O) groups is 1. The first-order valence-electron chi connectivity index (χ1n) is 10.5. The number of aliphatic hydroxyl groups excluding tert-OH is 1. The van der Waals surface area contributed by atoms with Crippen LogP contribution in [0.4, 0.5) is 10.5 Å². The lowest BCUT2D eigenvalue weighted by Crippen LogP contribution is -2.29. The molecule has 33 heavy (non-hydrogen) atoms. The van der Waals surface area contributed by atoms with Crippen molar-refractivity contribution in [1.82, 2.24) is 5.32 Å². The molecular weight excluding hydrogens is 422 g/mol. The van der Waals surface area contributed by atoms with E-state index < -0.39 is 12.1 Å². The molecule has 0 fully saturated rings. The van der Waals surface area contributed by atoms with Crippen molar-refractivity contribution >= 4 is 11.7 Å². The number of carbonyl (C=O) groups excluding carboxylic acids is 1. The van der Waals surface area contributed by atoms with Crippen molar-refractivity contribution in [2.75, 3.05) is 32.7 Å². The van der Waals surface area contributed by atoms with Gasteiger partial charge in [-0.3, -0.25) is 0 Å². The third-order valence-electron chi connectivity index (χ3n) is 5.47. The van der Waals surface area contributed by atoms with Gasteiger partial charge in [-0.1, -0.05) is 30.3 Å². The number of aliphatic hydroxyl groups is 1. The number of nitrogens with two attached hydrogens (primary N) is 1. The van der Waals surface area contributed by atoms with Crippen molar-refractivity contribution in [3.05, 3.63) is 83.4 Å². The van der Waals surface area contributed by atoms with Gasteiger partial charge in [0.05, 0.1) is 32.6 Å². The molecular formula is C25H29N3O5. The van der Waals surface area contributed by atoms with Gasteiger partial charge < -0.3 is 36.1 Å². The Morgan fingerprint density at radius 3 is 1.88 bits per heavy atom. The van der Waals surface area contributed by atoms with Gasteiger partial charge in [0.15, 0.2) is 0 Å². The van der Waals surface area contributed by atoms with Crippen LogP contribution in [0.15, 0.2) is 66.7 Å². The van der Waals surface area contributed by atoms with Gasteiger partial charge in [-0.15, -0.1) is 0 Å². The van der Waals surface area contributed by atoms with Crippen LogP contribution in [0, 0.1) is 0 Å². The van der Waals surface area contributed by atoms with E-state index in [9.17, 15) is 15.0 Å². The fraction of sp³-hybridized carbons (Fsp3) is 0.240. The predicted octanol–water partition coefficient (Wildman–Crippen LogP) is 3.36. The van der Waals surface area contributed by atoms with E-state index in [1.54, 1.807) is 26.4 Å². The summed E-state index contributed by atoms with van der Waals surface area (Å²) in [5.74, 6) is 1.42. The zero-order chi connectivity index (χ0) is 23.8. The molecule has 0 aliphatic rings. The molecule has 3 aromatic rings. The summed E-state index contributed by atoms with van der Waals surface area (Å²) in [5, 5.41) is 25.8. The summed E-state index contributed by atoms with van der Waals surface area (Å²) < 4.78 is 10.6. The van der Waals surface area contributed by atoms with Crippen LogP contribution in [0.2, 0.25) is 0 Å². The average Bonchev–Trinajstić information content (AvgIpc) is 2.83. The maximum Gasteiger partial charge on any atom is 0.316 e. The minimum Gasteiger partial charge on any atom is -0.506 e. The first kappa shape index (κ1) is 23.9. The Morgan fingerprint density at radius 1 is 0.909 bits per heavy atom. The second-order valence-electron chi connectivity index (χ2n) is 7.51. The van der Waals surface area contributed by atoms with Crippen LogP contribution >= 0.6 is 0 Å². The Hall–Kier alpha value is -3.75. The number of methoxy groups -OCH3 is 2. The maximum atomic E-state index is 11.2. The van der Waals surface area contributed by atoms with E-state index in [2.05, 4.69) is 10.6 Å². The number of aromatic hydroxyl groups is 1. The molecule has 0 saturated carbocycles. The number of rotatable bonds is 10. The van der Waals surface area contributed by atoms with E-state index in [0.29, 0.717) is 12.1 Å². The lowest BCUT2D eigenvalue weighted by Gasteiger charge is -2.24. The highest BCUT2D eigenvalue weighted by Crippen LogP contribution is 2.30.